The molecule has 0 spiro atoms. The van der Waals surface area contributed by atoms with Crippen LogP contribution in [-0.2, 0) is 4.74 Å². The maximum Gasteiger partial charge on any atom is 0.191 e. The molecular weight excluding hydrogens is 391 g/mol. The Kier molecular flexibility index (Phi) is 20.8. The number of rotatable bonds is 13. The van der Waals surface area contributed by atoms with Gasteiger partial charge in [0.25, 0.3) is 0 Å². The zero-order chi connectivity index (χ0) is 15.8. The van der Waals surface area contributed by atoms with Gasteiger partial charge in [-0.2, -0.15) is 0 Å². The van der Waals surface area contributed by atoms with Gasteiger partial charge in [0, 0.05) is 46.4 Å². The molecule has 22 heavy (non-hydrogen) atoms. The van der Waals surface area contributed by atoms with Gasteiger partial charge >= 0.3 is 0 Å². The van der Waals surface area contributed by atoms with Crippen LogP contribution in [-0.4, -0.2) is 64.3 Å². The van der Waals surface area contributed by atoms with Crippen molar-refractivity contribution < 1.29 is 4.74 Å². The number of ether oxygens (including phenoxy) is 1. The Labute approximate surface area is 154 Å². The van der Waals surface area contributed by atoms with E-state index in [1.54, 1.807) is 7.11 Å². The Morgan fingerprint density at radius 2 is 1.82 bits per heavy atom. The van der Waals surface area contributed by atoms with Crippen molar-refractivity contribution in [2.75, 3.05) is 53.5 Å². The third kappa shape index (κ3) is 16.3. The van der Waals surface area contributed by atoms with Crippen LogP contribution in [0.3, 0.4) is 0 Å². The molecule has 134 valence electrons. The largest absolute Gasteiger partial charge is 0.385 e. The molecule has 2 N–H and O–H groups in total. The van der Waals surface area contributed by atoms with E-state index in [9.17, 15) is 0 Å². The van der Waals surface area contributed by atoms with Gasteiger partial charge in [0.2, 0.25) is 0 Å². The lowest BCUT2D eigenvalue weighted by Gasteiger charge is -2.18. The molecule has 6 heteroatoms. The van der Waals surface area contributed by atoms with E-state index in [4.69, 9.17) is 4.74 Å². The molecule has 0 amide bonds. The lowest BCUT2D eigenvalue weighted by atomic mass is 10.2. The Balaban J connectivity index is 0. The molecule has 0 unspecified atom stereocenters. The van der Waals surface area contributed by atoms with Gasteiger partial charge in [-0.25, -0.2) is 0 Å². The first-order chi connectivity index (χ1) is 10.2. The summed E-state index contributed by atoms with van der Waals surface area (Å²) in [7, 11) is 3.90. The number of guanidine groups is 1. The molecule has 0 radical (unpaired) electrons. The number of hydrogen-bond acceptors (Lipinski definition) is 3. The SMILES string of the molecule is CCCCCCN=C(NCC)NCCN(C)CCCOC.I. The molecule has 0 saturated carbocycles. The summed E-state index contributed by atoms with van der Waals surface area (Å²) in [6.07, 6.45) is 6.13. The summed E-state index contributed by atoms with van der Waals surface area (Å²) < 4.78 is 5.07. The van der Waals surface area contributed by atoms with Crippen LogP contribution in [0.25, 0.3) is 0 Å². The predicted molar refractivity (Wildman–Crippen MR) is 108 cm³/mol. The van der Waals surface area contributed by atoms with Gasteiger partial charge in [0.1, 0.15) is 0 Å². The number of likely N-dealkylation sites (N-methyl/N-ethyl adjacent to an activating group) is 1. The molecule has 0 aromatic heterocycles. The van der Waals surface area contributed by atoms with Crippen LogP contribution in [0.15, 0.2) is 4.99 Å². The number of nitrogens with zero attached hydrogens (tertiary/aromatic N) is 2. The maximum absolute atomic E-state index is 5.07. The first-order valence-corrected chi connectivity index (χ1v) is 8.44. The highest BCUT2D eigenvalue weighted by molar-refractivity contribution is 14.0. The summed E-state index contributed by atoms with van der Waals surface area (Å²) in [5.41, 5.74) is 0. The van der Waals surface area contributed by atoms with Gasteiger partial charge in [-0.1, -0.05) is 26.2 Å². The highest BCUT2D eigenvalue weighted by atomic mass is 127. The van der Waals surface area contributed by atoms with Crippen molar-refractivity contribution in [3.63, 3.8) is 0 Å². The summed E-state index contributed by atoms with van der Waals surface area (Å²) in [4.78, 5) is 6.93. The molecule has 0 bridgehead atoms. The van der Waals surface area contributed by atoms with Crippen molar-refractivity contribution in [2.45, 2.75) is 46.0 Å². The molecule has 5 nitrogen and oxygen atoms in total. The van der Waals surface area contributed by atoms with Crippen LogP contribution in [0.5, 0.6) is 0 Å². The molecule has 0 aliphatic rings. The average molecular weight is 428 g/mol. The fraction of sp³-hybridized carbons (Fsp3) is 0.938. The van der Waals surface area contributed by atoms with E-state index in [2.05, 4.69) is 41.4 Å². The van der Waals surface area contributed by atoms with Gasteiger partial charge in [-0.15, -0.1) is 24.0 Å². The molecule has 0 aromatic rings. The van der Waals surface area contributed by atoms with Crippen molar-refractivity contribution in [1.29, 1.82) is 0 Å². The second kappa shape index (κ2) is 19.0. The molecule has 0 rings (SSSR count). The second-order valence-corrected chi connectivity index (χ2v) is 5.40. The molecule has 0 atom stereocenters. The highest BCUT2D eigenvalue weighted by Gasteiger charge is 2.00. The highest BCUT2D eigenvalue weighted by Crippen LogP contribution is 1.98. The van der Waals surface area contributed by atoms with Crippen LogP contribution in [0.4, 0.5) is 0 Å². The first kappa shape index (κ1) is 24.2. The van der Waals surface area contributed by atoms with E-state index in [-0.39, 0.29) is 24.0 Å². The van der Waals surface area contributed by atoms with E-state index in [1.165, 1.54) is 25.7 Å². The van der Waals surface area contributed by atoms with E-state index in [1.807, 2.05) is 0 Å². The fourth-order valence-corrected chi connectivity index (χ4v) is 2.03. The minimum Gasteiger partial charge on any atom is -0.385 e. The average Bonchev–Trinajstić information content (AvgIpc) is 2.47. The first-order valence-electron chi connectivity index (χ1n) is 8.44. The number of nitrogens with one attached hydrogen (secondary N) is 2. The Morgan fingerprint density at radius 3 is 2.45 bits per heavy atom. The zero-order valence-electron chi connectivity index (χ0n) is 15.0. The number of aliphatic imine (C=N–C) groups is 1. The topological polar surface area (TPSA) is 48.9 Å². The van der Waals surface area contributed by atoms with Crippen molar-refractivity contribution in [1.82, 2.24) is 15.5 Å². The maximum atomic E-state index is 5.07. The summed E-state index contributed by atoms with van der Waals surface area (Å²) in [6, 6.07) is 0. The van der Waals surface area contributed by atoms with Gasteiger partial charge in [0.05, 0.1) is 0 Å². The third-order valence-electron chi connectivity index (χ3n) is 3.30. The van der Waals surface area contributed by atoms with Gasteiger partial charge in [0.15, 0.2) is 5.96 Å². The molecule has 0 aliphatic heterocycles. The van der Waals surface area contributed by atoms with Crippen LogP contribution in [0.1, 0.15) is 46.0 Å². The van der Waals surface area contributed by atoms with E-state index in [0.29, 0.717) is 0 Å². The fourth-order valence-electron chi connectivity index (χ4n) is 2.03. The van der Waals surface area contributed by atoms with Crippen LogP contribution in [0.2, 0.25) is 0 Å². The standard InChI is InChI=1S/C16H36N4O.HI/c1-5-7-8-9-11-18-16(17-6-2)19-12-14-20(3)13-10-15-21-4;/h5-15H2,1-4H3,(H2,17,18,19);1H. The number of methoxy groups -OCH3 is 1. The van der Waals surface area contributed by atoms with Crippen molar-refractivity contribution in [2.24, 2.45) is 4.99 Å². The lowest BCUT2D eigenvalue weighted by Crippen LogP contribution is -2.41. The minimum absolute atomic E-state index is 0. The molecular formula is C16H37IN4O. The van der Waals surface area contributed by atoms with Crippen molar-refractivity contribution in [3.8, 4) is 0 Å². The van der Waals surface area contributed by atoms with Crippen LogP contribution in [0, 0.1) is 0 Å². The van der Waals surface area contributed by atoms with E-state index >= 15 is 0 Å². The van der Waals surface area contributed by atoms with Crippen molar-refractivity contribution >= 4 is 29.9 Å². The zero-order valence-corrected chi connectivity index (χ0v) is 17.3. The molecule has 0 aliphatic carbocycles. The molecule has 0 fully saturated rings. The number of hydrogen-bond donors (Lipinski definition) is 2. The van der Waals surface area contributed by atoms with E-state index in [0.717, 1.165) is 51.7 Å². The van der Waals surface area contributed by atoms with Gasteiger partial charge < -0.3 is 20.3 Å². The second-order valence-electron chi connectivity index (χ2n) is 5.40. The summed E-state index contributed by atoms with van der Waals surface area (Å²) in [5, 5.41) is 6.70. The van der Waals surface area contributed by atoms with Gasteiger partial charge in [-0.3, -0.25) is 4.99 Å². The number of halogens is 1. The Hall–Kier alpha value is -0.0800. The molecule has 0 aromatic carbocycles. The van der Waals surface area contributed by atoms with Crippen LogP contribution >= 0.6 is 24.0 Å². The molecule has 0 heterocycles. The van der Waals surface area contributed by atoms with Crippen molar-refractivity contribution in [3.05, 3.63) is 0 Å². The summed E-state index contributed by atoms with van der Waals surface area (Å²) >= 11 is 0. The number of unbranched alkanes of at least 4 members (excludes halogenated alkanes) is 3. The minimum atomic E-state index is 0. The summed E-state index contributed by atoms with van der Waals surface area (Å²) in [5.74, 6) is 0.944. The molecule has 0 saturated heterocycles. The Bertz CT molecular complexity index is 252. The monoisotopic (exact) mass is 428 g/mol. The third-order valence-corrected chi connectivity index (χ3v) is 3.30. The lowest BCUT2D eigenvalue weighted by molar-refractivity contribution is 0.180. The van der Waals surface area contributed by atoms with E-state index < -0.39 is 0 Å². The Morgan fingerprint density at radius 1 is 1.05 bits per heavy atom. The smallest absolute Gasteiger partial charge is 0.191 e. The quantitative estimate of drug-likeness (QED) is 0.205. The van der Waals surface area contributed by atoms with Crippen LogP contribution < -0.4 is 10.6 Å². The normalized spacial score (nSPS) is 11.4. The predicted octanol–water partition coefficient (Wildman–Crippen LogP) is 2.71. The summed E-state index contributed by atoms with van der Waals surface area (Å²) in [6.45, 7) is 10.0. The van der Waals surface area contributed by atoms with Gasteiger partial charge in [-0.05, 0) is 26.8 Å².